The van der Waals surface area contributed by atoms with Crippen molar-refractivity contribution in [1.29, 1.82) is 0 Å². The van der Waals surface area contributed by atoms with Gasteiger partial charge in [0.1, 0.15) is 0 Å². The van der Waals surface area contributed by atoms with Crippen molar-refractivity contribution in [2.75, 3.05) is 0 Å². The molecule has 1 aromatic rings. The summed E-state index contributed by atoms with van der Waals surface area (Å²) in [4.78, 5) is 1.65. The lowest BCUT2D eigenvalue weighted by Crippen LogP contribution is -2.14. The van der Waals surface area contributed by atoms with Crippen molar-refractivity contribution in [2.24, 2.45) is 0 Å². The van der Waals surface area contributed by atoms with Gasteiger partial charge in [-0.2, -0.15) is 4.80 Å². The minimum Gasteiger partial charge on any atom is -0.164 e. The first-order valence-electron chi connectivity index (χ1n) is 4.32. The van der Waals surface area contributed by atoms with Gasteiger partial charge in [0.25, 0.3) is 0 Å². The normalized spacial score (nSPS) is 12.0. The second kappa shape index (κ2) is 3.21. The quantitative estimate of drug-likeness (QED) is 0.670. The van der Waals surface area contributed by atoms with Gasteiger partial charge in [-0.25, -0.2) is 0 Å². The summed E-state index contributed by atoms with van der Waals surface area (Å²) >= 11 is 0. The summed E-state index contributed by atoms with van der Waals surface area (Å²) < 4.78 is 0. The van der Waals surface area contributed by atoms with Gasteiger partial charge < -0.3 is 0 Å². The lowest BCUT2D eigenvalue weighted by Gasteiger charge is -2.10. The molecular formula is C8H16N4. The van der Waals surface area contributed by atoms with Crippen molar-refractivity contribution in [3.8, 4) is 0 Å². The highest BCUT2D eigenvalue weighted by Gasteiger charge is 2.19. The molecule has 0 amide bonds. The molecule has 0 N–H and O–H groups in total. The second-order valence-electron chi connectivity index (χ2n) is 3.96. The van der Waals surface area contributed by atoms with Crippen molar-refractivity contribution >= 4 is 0 Å². The number of aromatic nitrogens is 4. The van der Waals surface area contributed by atoms with Crippen LogP contribution in [0.4, 0.5) is 0 Å². The number of rotatable bonds is 2. The molecule has 4 heteroatoms. The summed E-state index contributed by atoms with van der Waals surface area (Å²) in [6, 6.07) is 0. The van der Waals surface area contributed by atoms with E-state index in [9.17, 15) is 0 Å². The van der Waals surface area contributed by atoms with Crippen molar-refractivity contribution in [1.82, 2.24) is 20.2 Å². The molecule has 0 aliphatic heterocycles. The maximum atomic E-state index is 4.27. The summed E-state index contributed by atoms with van der Waals surface area (Å²) in [5, 5.41) is 12.2. The molecule has 68 valence electrons. The zero-order valence-electron chi connectivity index (χ0n) is 8.20. The smallest absolute Gasteiger partial charge is 0.164 e. The molecule has 0 saturated carbocycles. The first-order chi connectivity index (χ1) is 5.54. The Morgan fingerprint density at radius 1 is 1.33 bits per heavy atom. The third-order valence-corrected chi connectivity index (χ3v) is 1.55. The highest BCUT2D eigenvalue weighted by molar-refractivity contribution is 4.95. The van der Waals surface area contributed by atoms with E-state index >= 15 is 0 Å². The van der Waals surface area contributed by atoms with E-state index in [-0.39, 0.29) is 5.41 Å². The fourth-order valence-electron chi connectivity index (χ4n) is 0.838. The van der Waals surface area contributed by atoms with Crippen molar-refractivity contribution in [3.05, 3.63) is 5.82 Å². The van der Waals surface area contributed by atoms with Crippen LogP contribution in [0.15, 0.2) is 0 Å². The second-order valence-corrected chi connectivity index (χ2v) is 3.96. The lowest BCUT2D eigenvalue weighted by atomic mass is 9.96. The van der Waals surface area contributed by atoms with Gasteiger partial charge >= 0.3 is 0 Å². The van der Waals surface area contributed by atoms with Gasteiger partial charge in [-0.1, -0.05) is 27.7 Å². The number of hydrogen-bond donors (Lipinski definition) is 0. The van der Waals surface area contributed by atoms with Crippen LogP contribution in [-0.4, -0.2) is 20.2 Å². The van der Waals surface area contributed by atoms with Crippen molar-refractivity contribution in [2.45, 2.75) is 46.1 Å². The van der Waals surface area contributed by atoms with Gasteiger partial charge in [0.05, 0.1) is 6.54 Å². The molecule has 1 heterocycles. The van der Waals surface area contributed by atoms with Crippen LogP contribution < -0.4 is 0 Å². The van der Waals surface area contributed by atoms with Crippen LogP contribution in [0.1, 0.15) is 39.9 Å². The van der Waals surface area contributed by atoms with Crippen LogP contribution >= 0.6 is 0 Å². The fourth-order valence-corrected chi connectivity index (χ4v) is 0.838. The number of aryl methyl sites for hydroxylation is 1. The number of tetrazole rings is 1. The van der Waals surface area contributed by atoms with Gasteiger partial charge in [-0.05, 0) is 11.6 Å². The fraction of sp³-hybridized carbons (Fsp3) is 0.875. The predicted octanol–water partition coefficient (Wildman–Crippen LogP) is 1.38. The number of nitrogens with zero attached hydrogens (tertiary/aromatic N) is 4. The van der Waals surface area contributed by atoms with Crippen LogP contribution in [-0.2, 0) is 12.0 Å². The Hall–Kier alpha value is -0.930. The predicted molar refractivity (Wildman–Crippen MR) is 46.8 cm³/mol. The van der Waals surface area contributed by atoms with Crippen LogP contribution in [0.25, 0.3) is 0 Å². The summed E-state index contributed by atoms with van der Waals surface area (Å²) in [6.07, 6.45) is 1.04. The van der Waals surface area contributed by atoms with E-state index in [0.717, 1.165) is 18.8 Å². The minimum atomic E-state index is 0.00594. The molecular weight excluding hydrogens is 152 g/mol. The summed E-state index contributed by atoms with van der Waals surface area (Å²) in [5.74, 6) is 0.816. The molecule has 0 atom stereocenters. The largest absolute Gasteiger partial charge is 0.180 e. The van der Waals surface area contributed by atoms with Gasteiger partial charge in [-0.3, -0.25) is 0 Å². The third kappa shape index (κ3) is 2.03. The molecule has 0 aromatic carbocycles. The van der Waals surface area contributed by atoms with Crippen molar-refractivity contribution in [3.63, 3.8) is 0 Å². The Kier molecular flexibility index (Phi) is 2.45. The van der Waals surface area contributed by atoms with Gasteiger partial charge in [0.2, 0.25) is 0 Å². The molecule has 0 aliphatic carbocycles. The highest BCUT2D eigenvalue weighted by atomic mass is 15.6. The van der Waals surface area contributed by atoms with Crippen LogP contribution in [0.2, 0.25) is 0 Å². The van der Waals surface area contributed by atoms with Crippen LogP contribution in [0, 0.1) is 0 Å². The molecule has 0 saturated heterocycles. The summed E-state index contributed by atoms with van der Waals surface area (Å²) in [7, 11) is 0. The molecule has 0 aliphatic rings. The van der Waals surface area contributed by atoms with Crippen LogP contribution in [0.3, 0.4) is 0 Å². The van der Waals surface area contributed by atoms with Crippen molar-refractivity contribution < 1.29 is 0 Å². The van der Waals surface area contributed by atoms with Gasteiger partial charge in [-0.15, -0.1) is 10.2 Å². The Morgan fingerprint density at radius 3 is 2.42 bits per heavy atom. The summed E-state index contributed by atoms with van der Waals surface area (Å²) in [5.41, 5.74) is 0.00594. The van der Waals surface area contributed by atoms with Crippen LogP contribution in [0.5, 0.6) is 0 Å². The van der Waals surface area contributed by atoms with Gasteiger partial charge in [0.15, 0.2) is 5.82 Å². The monoisotopic (exact) mass is 168 g/mol. The number of hydrogen-bond acceptors (Lipinski definition) is 3. The van der Waals surface area contributed by atoms with E-state index in [2.05, 4.69) is 43.1 Å². The molecule has 0 unspecified atom stereocenters. The minimum absolute atomic E-state index is 0.00594. The molecule has 4 nitrogen and oxygen atoms in total. The maximum absolute atomic E-state index is 4.27. The zero-order valence-corrected chi connectivity index (χ0v) is 8.20. The zero-order chi connectivity index (χ0) is 9.19. The Balaban J connectivity index is 2.77. The maximum Gasteiger partial charge on any atom is 0.180 e. The first-order valence-corrected chi connectivity index (χ1v) is 4.32. The molecule has 0 radical (unpaired) electrons. The Bertz CT molecular complexity index is 246. The first kappa shape index (κ1) is 9.16. The molecule has 12 heavy (non-hydrogen) atoms. The van der Waals surface area contributed by atoms with E-state index in [1.807, 2.05) is 0 Å². The SMILES string of the molecule is CCCn1nnc(C(C)(C)C)n1. The Morgan fingerprint density at radius 2 is 2.00 bits per heavy atom. The van der Waals surface area contributed by atoms with E-state index in [1.54, 1.807) is 4.80 Å². The highest BCUT2D eigenvalue weighted by Crippen LogP contribution is 2.15. The Labute approximate surface area is 73.0 Å². The lowest BCUT2D eigenvalue weighted by molar-refractivity contribution is 0.498. The third-order valence-electron chi connectivity index (χ3n) is 1.55. The average molecular weight is 168 g/mol. The van der Waals surface area contributed by atoms with E-state index in [0.29, 0.717) is 0 Å². The van der Waals surface area contributed by atoms with Gasteiger partial charge in [0, 0.05) is 5.41 Å². The topological polar surface area (TPSA) is 43.6 Å². The molecule has 0 fully saturated rings. The standard InChI is InChI=1S/C8H16N4/c1-5-6-12-10-7(9-11-12)8(2,3)4/h5-6H2,1-4H3. The summed E-state index contributed by atoms with van der Waals surface area (Å²) in [6.45, 7) is 9.20. The molecule has 0 spiro atoms. The van der Waals surface area contributed by atoms with E-state index in [4.69, 9.17) is 0 Å². The molecule has 1 aromatic heterocycles. The average Bonchev–Trinajstić information content (AvgIpc) is 2.35. The van der Waals surface area contributed by atoms with E-state index in [1.165, 1.54) is 0 Å². The molecule has 0 bridgehead atoms. The van der Waals surface area contributed by atoms with E-state index < -0.39 is 0 Å². The molecule has 1 rings (SSSR count).